The van der Waals surface area contributed by atoms with Gasteiger partial charge in [-0.1, -0.05) is 0 Å². The van der Waals surface area contributed by atoms with Crippen LogP contribution in [0.4, 0.5) is 0 Å². The Balaban J connectivity index is 4.94. The normalized spacial score (nSPS) is 17.4. The molecular weight excluding hydrogens is 277 g/mol. The minimum Gasteiger partial charge on any atom is -0.323 e. The summed E-state index contributed by atoms with van der Waals surface area (Å²) in [6.07, 6.45) is 0. The molecule has 0 aromatic heterocycles. The number of nitrogens with zero attached hydrogens (tertiary/aromatic N) is 1. The van der Waals surface area contributed by atoms with Crippen LogP contribution in [-0.4, -0.2) is 57.9 Å². The molecule has 0 heterocycles. The molecule has 0 saturated carbocycles. The number of hydrogen-bond acceptors (Lipinski definition) is 5. The van der Waals surface area contributed by atoms with Crippen LogP contribution in [0.3, 0.4) is 0 Å². The molecule has 0 aromatic rings. The molecular formula is C6H16NO6PS2. The van der Waals surface area contributed by atoms with Crippen molar-refractivity contribution in [1.29, 1.82) is 0 Å². The number of hydrogen-bond donors (Lipinski definition) is 3. The second-order valence-corrected chi connectivity index (χ2v) is 9.69. The predicted molar refractivity (Wildman–Crippen MR) is 63.0 cm³/mol. The molecule has 10 heteroatoms. The van der Waals surface area contributed by atoms with Crippen LogP contribution in [0.15, 0.2) is 0 Å². The Morgan fingerprint density at radius 3 is 2.06 bits per heavy atom. The maximum absolute atomic E-state index is 11.1. The molecule has 0 aliphatic rings. The summed E-state index contributed by atoms with van der Waals surface area (Å²) in [6.45, 7) is 1.26. The van der Waals surface area contributed by atoms with Gasteiger partial charge >= 0.3 is 7.60 Å². The van der Waals surface area contributed by atoms with Crippen LogP contribution >= 0.6 is 19.4 Å². The summed E-state index contributed by atoms with van der Waals surface area (Å²) >= 11 is 0.523. The second-order valence-electron chi connectivity index (χ2n) is 3.57. The minimum absolute atomic E-state index is 0.175. The van der Waals surface area contributed by atoms with Crippen molar-refractivity contribution in [2.24, 2.45) is 0 Å². The van der Waals surface area contributed by atoms with Gasteiger partial charge in [-0.15, -0.1) is 11.8 Å². The first-order valence-electron chi connectivity index (χ1n) is 4.23. The second kappa shape index (κ2) is 5.34. The van der Waals surface area contributed by atoms with E-state index in [4.69, 9.17) is 14.3 Å². The quantitative estimate of drug-likeness (QED) is 0.464. The van der Waals surface area contributed by atoms with E-state index < -0.39 is 21.5 Å². The molecule has 0 saturated heterocycles. The molecule has 7 nitrogen and oxygen atoms in total. The van der Waals surface area contributed by atoms with Crippen molar-refractivity contribution in [2.45, 2.75) is 10.7 Å². The summed E-state index contributed by atoms with van der Waals surface area (Å²) in [5, 5.41) is 0. The van der Waals surface area contributed by atoms with E-state index in [-0.39, 0.29) is 5.75 Å². The maximum Gasteiger partial charge on any atom is 0.358 e. The highest BCUT2D eigenvalue weighted by atomic mass is 32.3. The van der Waals surface area contributed by atoms with Crippen molar-refractivity contribution in [2.75, 3.05) is 26.4 Å². The molecule has 1 atom stereocenters. The zero-order chi connectivity index (χ0) is 13.2. The maximum atomic E-state index is 11.1. The van der Waals surface area contributed by atoms with Crippen molar-refractivity contribution in [3.8, 4) is 0 Å². The van der Waals surface area contributed by atoms with Crippen molar-refractivity contribution in [3.05, 3.63) is 0 Å². The Hall–Kier alpha value is 0.370. The molecule has 0 bridgehead atoms. The van der Waals surface area contributed by atoms with Crippen LogP contribution in [0.5, 0.6) is 0 Å². The lowest BCUT2D eigenvalue weighted by molar-refractivity contribution is 0.361. The van der Waals surface area contributed by atoms with Crippen molar-refractivity contribution >= 4 is 29.5 Å². The lowest BCUT2D eigenvalue weighted by atomic mass is 10.7. The van der Waals surface area contributed by atoms with Crippen LogP contribution in [0, 0.1) is 0 Å². The van der Waals surface area contributed by atoms with Gasteiger partial charge in [0.1, 0.15) is 0 Å². The molecule has 0 rings (SSSR count). The summed E-state index contributed by atoms with van der Waals surface area (Å²) in [5.74, 6) is 0.175. The molecule has 98 valence electrons. The van der Waals surface area contributed by atoms with E-state index in [9.17, 15) is 13.0 Å². The molecule has 0 radical (unpaired) electrons. The fraction of sp³-hybridized carbons (Fsp3) is 1.00. The zero-order valence-corrected chi connectivity index (χ0v) is 11.7. The lowest BCUT2D eigenvalue weighted by Gasteiger charge is -2.26. The SMILES string of the molecule is CN(C)CCSC(C)(P(=O)(O)O)S(=O)(=O)O. The van der Waals surface area contributed by atoms with Gasteiger partial charge in [-0.25, -0.2) is 0 Å². The fourth-order valence-electron chi connectivity index (χ4n) is 0.726. The fourth-order valence-corrected chi connectivity index (χ4v) is 4.56. The standard InChI is InChI=1S/C6H16NO6PS2/c1-6(14(8,9)10,16(11,12)13)15-5-4-7(2)3/h4-5H2,1-3H3,(H2,8,9,10)(H,11,12,13). The first-order chi connectivity index (χ1) is 6.92. The lowest BCUT2D eigenvalue weighted by Crippen LogP contribution is -2.32. The van der Waals surface area contributed by atoms with Gasteiger partial charge in [0.15, 0.2) is 0 Å². The topological polar surface area (TPSA) is 115 Å². The van der Waals surface area contributed by atoms with E-state index in [1.807, 2.05) is 0 Å². The summed E-state index contributed by atoms with van der Waals surface area (Å²) in [5.41, 5.74) is 0. The molecule has 16 heavy (non-hydrogen) atoms. The third-order valence-corrected chi connectivity index (χ3v) is 8.35. The van der Waals surface area contributed by atoms with Gasteiger partial charge in [0.2, 0.25) is 3.82 Å². The average Bonchev–Trinajstić information content (AvgIpc) is 1.98. The van der Waals surface area contributed by atoms with E-state index in [1.165, 1.54) is 0 Å². The van der Waals surface area contributed by atoms with E-state index in [0.29, 0.717) is 18.3 Å². The molecule has 3 N–H and O–H groups in total. The summed E-state index contributed by atoms with van der Waals surface area (Å²) in [6, 6.07) is 0. The van der Waals surface area contributed by atoms with E-state index in [2.05, 4.69) is 0 Å². The number of rotatable bonds is 6. The summed E-state index contributed by atoms with van der Waals surface area (Å²) in [4.78, 5) is 19.7. The first-order valence-corrected chi connectivity index (χ1v) is 8.27. The van der Waals surface area contributed by atoms with E-state index in [0.717, 1.165) is 6.92 Å². The minimum atomic E-state index is -4.96. The van der Waals surface area contributed by atoms with Gasteiger partial charge in [0.05, 0.1) is 0 Å². The van der Waals surface area contributed by atoms with Gasteiger partial charge in [-0.3, -0.25) is 9.12 Å². The molecule has 1 unspecified atom stereocenters. The van der Waals surface area contributed by atoms with Gasteiger partial charge in [0.25, 0.3) is 10.1 Å². The Kier molecular flexibility index (Phi) is 5.47. The van der Waals surface area contributed by atoms with Crippen LogP contribution in [0.25, 0.3) is 0 Å². The van der Waals surface area contributed by atoms with Gasteiger partial charge in [0, 0.05) is 12.3 Å². The first kappa shape index (κ1) is 16.4. The third kappa shape index (κ3) is 3.99. The zero-order valence-electron chi connectivity index (χ0n) is 9.19. The highest BCUT2D eigenvalue weighted by molar-refractivity contribution is 8.20. The highest BCUT2D eigenvalue weighted by Crippen LogP contribution is 2.59. The van der Waals surface area contributed by atoms with Crippen molar-refractivity contribution in [3.63, 3.8) is 0 Å². The van der Waals surface area contributed by atoms with Gasteiger partial charge in [-0.05, 0) is 21.0 Å². The predicted octanol–water partition coefficient (Wildman–Crippen LogP) is 0.0204. The summed E-state index contributed by atoms with van der Waals surface area (Å²) in [7, 11) is -6.32. The highest BCUT2D eigenvalue weighted by Gasteiger charge is 2.54. The number of thioether (sulfide) groups is 1. The van der Waals surface area contributed by atoms with Crippen molar-refractivity contribution in [1.82, 2.24) is 4.90 Å². The Bertz CT molecular complexity index is 376. The van der Waals surface area contributed by atoms with Crippen molar-refractivity contribution < 1.29 is 27.3 Å². The Labute approximate surface area is 99.1 Å². The van der Waals surface area contributed by atoms with Crippen LogP contribution < -0.4 is 0 Å². The molecule has 0 amide bonds. The van der Waals surface area contributed by atoms with E-state index in [1.54, 1.807) is 19.0 Å². The third-order valence-electron chi connectivity index (χ3n) is 1.92. The Morgan fingerprint density at radius 1 is 1.38 bits per heavy atom. The molecule has 0 aliphatic carbocycles. The molecule has 0 aromatic carbocycles. The van der Waals surface area contributed by atoms with Crippen LogP contribution in [-0.2, 0) is 14.7 Å². The molecule has 0 fully saturated rings. The largest absolute Gasteiger partial charge is 0.358 e. The molecule has 0 spiro atoms. The van der Waals surface area contributed by atoms with Crippen LogP contribution in [0.1, 0.15) is 6.92 Å². The Morgan fingerprint density at radius 2 is 1.81 bits per heavy atom. The van der Waals surface area contributed by atoms with Crippen LogP contribution in [0.2, 0.25) is 0 Å². The average molecular weight is 293 g/mol. The van der Waals surface area contributed by atoms with Gasteiger partial charge < -0.3 is 14.7 Å². The molecule has 0 aliphatic heterocycles. The van der Waals surface area contributed by atoms with E-state index >= 15 is 0 Å². The van der Waals surface area contributed by atoms with Gasteiger partial charge in [-0.2, -0.15) is 8.42 Å². The summed E-state index contributed by atoms with van der Waals surface area (Å²) < 4.78 is 39.5. The monoisotopic (exact) mass is 293 g/mol. The smallest absolute Gasteiger partial charge is 0.323 e.